The Hall–Kier alpha value is -3.34. The van der Waals surface area contributed by atoms with Crippen LogP contribution in [-0.4, -0.2) is 44.5 Å². The van der Waals surface area contributed by atoms with Crippen molar-refractivity contribution in [3.8, 4) is 0 Å². The fourth-order valence-corrected chi connectivity index (χ4v) is 4.78. The van der Waals surface area contributed by atoms with E-state index in [1.807, 2.05) is 12.1 Å². The Balaban J connectivity index is 1.93. The number of nitrogens with zero attached hydrogens (tertiary/aromatic N) is 3. The number of rotatable bonds is 11. The van der Waals surface area contributed by atoms with Gasteiger partial charge in [-0.15, -0.1) is 0 Å². The maximum absolute atomic E-state index is 13.1. The quantitative estimate of drug-likeness (QED) is 0.307. The highest BCUT2D eigenvalue weighted by Crippen LogP contribution is 2.25. The van der Waals surface area contributed by atoms with Crippen LogP contribution in [-0.2, 0) is 26.1 Å². The lowest BCUT2D eigenvalue weighted by Crippen LogP contribution is -2.44. The third-order valence-corrected chi connectivity index (χ3v) is 7.52. The van der Waals surface area contributed by atoms with Crippen molar-refractivity contribution in [3.63, 3.8) is 0 Å². The third-order valence-electron chi connectivity index (χ3n) is 6.06. The first-order chi connectivity index (χ1) is 16.7. The first-order valence-corrected chi connectivity index (χ1v) is 12.9. The van der Waals surface area contributed by atoms with E-state index in [1.165, 1.54) is 31.1 Å². The minimum absolute atomic E-state index is 0.0634. The smallest absolute Gasteiger partial charge is 0.329 e. The molecule has 0 spiro atoms. The van der Waals surface area contributed by atoms with Crippen LogP contribution in [0.5, 0.6) is 0 Å². The number of pyridine rings is 2. The Morgan fingerprint density at radius 2 is 1.77 bits per heavy atom. The van der Waals surface area contributed by atoms with Crippen molar-refractivity contribution >= 4 is 27.5 Å². The van der Waals surface area contributed by atoms with Gasteiger partial charge in [-0.1, -0.05) is 18.2 Å². The van der Waals surface area contributed by atoms with Gasteiger partial charge in [0.25, 0.3) is 0 Å². The summed E-state index contributed by atoms with van der Waals surface area (Å²) < 4.78 is 29.8. The van der Waals surface area contributed by atoms with Crippen LogP contribution in [0.1, 0.15) is 38.1 Å². The van der Waals surface area contributed by atoms with Crippen molar-refractivity contribution in [1.82, 2.24) is 19.2 Å². The van der Waals surface area contributed by atoms with E-state index in [2.05, 4.69) is 53.2 Å². The van der Waals surface area contributed by atoms with E-state index in [0.717, 1.165) is 23.1 Å². The molecular formula is C25H32N5O4S+. The molecule has 186 valence electrons. The molecule has 2 N–H and O–H groups in total. The number of carbonyl (C=O) groups is 1. The zero-order valence-corrected chi connectivity index (χ0v) is 21.2. The summed E-state index contributed by atoms with van der Waals surface area (Å²) in [6.45, 7) is 7.52. The van der Waals surface area contributed by atoms with Gasteiger partial charge in [-0.05, 0) is 62.2 Å². The van der Waals surface area contributed by atoms with Crippen LogP contribution >= 0.6 is 0 Å². The first kappa shape index (κ1) is 26.3. The number of anilines is 1. The molecule has 35 heavy (non-hydrogen) atoms. The highest BCUT2D eigenvalue weighted by atomic mass is 32.2. The standard InChI is InChI=1S/C25H32N5O4S/c1-5-30(4,6-2)21-14-12-20(13-15-21)17-24(29-35(32,33)22-9-8-16-26-18-22)23-10-7-11-25(27-23)28-34-19(3)31/h7-16,18,24,29H,5-6,17H2,1-4H3,(H,27,28)/q+1. The minimum atomic E-state index is -3.87. The molecule has 0 saturated carbocycles. The van der Waals surface area contributed by atoms with Gasteiger partial charge in [0.05, 0.1) is 31.9 Å². The SMILES string of the molecule is CC[N+](C)(CC)c1ccc(CC(NS(=O)(=O)c2cccnc2)c2cccc(NOC(C)=O)n2)cc1. The van der Waals surface area contributed by atoms with E-state index in [0.29, 0.717) is 12.1 Å². The molecule has 10 heteroatoms. The van der Waals surface area contributed by atoms with Gasteiger partial charge >= 0.3 is 5.97 Å². The second kappa shape index (κ2) is 11.4. The van der Waals surface area contributed by atoms with Crippen molar-refractivity contribution in [3.05, 3.63) is 78.2 Å². The van der Waals surface area contributed by atoms with Gasteiger partial charge < -0.3 is 4.84 Å². The predicted octanol–water partition coefficient (Wildman–Crippen LogP) is 3.61. The fourth-order valence-electron chi connectivity index (χ4n) is 3.61. The van der Waals surface area contributed by atoms with Gasteiger partial charge in [-0.25, -0.2) is 23.6 Å². The maximum Gasteiger partial charge on any atom is 0.329 e. The number of carbonyl (C=O) groups excluding carboxylic acids is 1. The summed E-state index contributed by atoms with van der Waals surface area (Å²) in [7, 11) is -1.68. The Kier molecular flexibility index (Phi) is 8.55. The molecular weight excluding hydrogens is 466 g/mol. The van der Waals surface area contributed by atoms with Crippen molar-refractivity contribution in [1.29, 1.82) is 0 Å². The molecule has 3 rings (SSSR count). The number of benzene rings is 1. The summed E-state index contributed by atoms with van der Waals surface area (Å²) in [5, 5.41) is 0. The van der Waals surface area contributed by atoms with Gasteiger partial charge in [0, 0.05) is 19.3 Å². The van der Waals surface area contributed by atoms with Crippen LogP contribution in [0.2, 0.25) is 0 Å². The molecule has 2 aromatic heterocycles. The predicted molar refractivity (Wildman–Crippen MR) is 136 cm³/mol. The summed E-state index contributed by atoms with van der Waals surface area (Å²) in [6.07, 6.45) is 3.18. The largest absolute Gasteiger partial charge is 0.342 e. The van der Waals surface area contributed by atoms with Gasteiger partial charge in [0.2, 0.25) is 10.0 Å². The molecule has 0 aliphatic heterocycles. The molecule has 0 saturated heterocycles. The topological polar surface area (TPSA) is 110 Å². The third kappa shape index (κ3) is 6.84. The summed E-state index contributed by atoms with van der Waals surface area (Å²) in [5.41, 5.74) is 5.10. The van der Waals surface area contributed by atoms with Crippen molar-refractivity contribution in [2.45, 2.75) is 38.1 Å². The second-order valence-electron chi connectivity index (χ2n) is 8.40. The molecule has 1 aromatic carbocycles. The maximum atomic E-state index is 13.1. The van der Waals surface area contributed by atoms with Crippen LogP contribution in [0.3, 0.4) is 0 Å². The average Bonchev–Trinajstić information content (AvgIpc) is 2.87. The molecule has 9 nitrogen and oxygen atoms in total. The van der Waals surface area contributed by atoms with E-state index in [4.69, 9.17) is 4.84 Å². The normalized spacial score (nSPS) is 12.7. The van der Waals surface area contributed by atoms with Gasteiger partial charge in [-0.2, -0.15) is 0 Å². The Morgan fingerprint density at radius 1 is 1.06 bits per heavy atom. The van der Waals surface area contributed by atoms with E-state index < -0.39 is 22.0 Å². The molecule has 1 atom stereocenters. The summed E-state index contributed by atoms with van der Waals surface area (Å²) in [4.78, 5) is 24.4. The Labute approximate surface area is 206 Å². The van der Waals surface area contributed by atoms with Crippen LogP contribution in [0.25, 0.3) is 0 Å². The molecule has 3 aromatic rings. The number of sulfonamides is 1. The molecule has 0 radical (unpaired) electrons. The monoisotopic (exact) mass is 498 g/mol. The van der Waals surface area contributed by atoms with E-state index in [9.17, 15) is 13.2 Å². The molecule has 0 aliphatic rings. The number of aromatic nitrogens is 2. The summed E-state index contributed by atoms with van der Waals surface area (Å²) >= 11 is 0. The average molecular weight is 499 g/mol. The Morgan fingerprint density at radius 3 is 2.37 bits per heavy atom. The van der Waals surface area contributed by atoms with Crippen LogP contribution in [0.4, 0.5) is 11.5 Å². The minimum Gasteiger partial charge on any atom is -0.342 e. The molecule has 2 heterocycles. The molecule has 0 fully saturated rings. The zero-order valence-electron chi connectivity index (χ0n) is 20.4. The van der Waals surface area contributed by atoms with Crippen LogP contribution < -0.4 is 14.7 Å². The first-order valence-electron chi connectivity index (χ1n) is 11.4. The fraction of sp³-hybridized carbons (Fsp3) is 0.320. The van der Waals surface area contributed by atoms with Crippen molar-refractivity contribution in [2.75, 3.05) is 25.6 Å². The molecule has 1 unspecified atom stereocenters. The summed E-state index contributed by atoms with van der Waals surface area (Å²) in [5.74, 6) is -0.228. The Bertz CT molecular complexity index is 1230. The highest BCUT2D eigenvalue weighted by Gasteiger charge is 2.25. The van der Waals surface area contributed by atoms with Crippen LogP contribution in [0, 0.1) is 0 Å². The molecule has 0 aliphatic carbocycles. The van der Waals surface area contributed by atoms with E-state index >= 15 is 0 Å². The number of nitrogens with one attached hydrogen (secondary N) is 2. The van der Waals surface area contributed by atoms with Gasteiger partial charge in [-0.3, -0.25) is 14.3 Å². The van der Waals surface area contributed by atoms with Crippen LogP contribution in [0.15, 0.2) is 71.9 Å². The van der Waals surface area contributed by atoms with E-state index in [1.54, 1.807) is 24.3 Å². The van der Waals surface area contributed by atoms with E-state index in [-0.39, 0.29) is 10.7 Å². The highest BCUT2D eigenvalue weighted by molar-refractivity contribution is 7.89. The van der Waals surface area contributed by atoms with Gasteiger partial charge in [0.15, 0.2) is 5.82 Å². The van der Waals surface area contributed by atoms with Crippen molar-refractivity contribution in [2.24, 2.45) is 0 Å². The van der Waals surface area contributed by atoms with Crippen molar-refractivity contribution < 1.29 is 18.0 Å². The number of hydrogen-bond acceptors (Lipinski definition) is 7. The molecule has 0 amide bonds. The lowest BCUT2D eigenvalue weighted by Gasteiger charge is -2.31. The number of quaternary nitrogens is 1. The zero-order chi connectivity index (χ0) is 25.5. The number of hydrogen-bond donors (Lipinski definition) is 2. The lowest BCUT2D eigenvalue weighted by atomic mass is 10.0. The molecule has 0 bridgehead atoms. The second-order valence-corrected chi connectivity index (χ2v) is 10.1. The van der Waals surface area contributed by atoms with Gasteiger partial charge in [0.1, 0.15) is 10.6 Å². The summed E-state index contributed by atoms with van der Waals surface area (Å²) in [6, 6.07) is 15.7. The lowest BCUT2D eigenvalue weighted by molar-refractivity contribution is -0.138.